The third-order valence-corrected chi connectivity index (χ3v) is 3.52. The molecule has 122 valence electrons. The molecule has 0 aliphatic rings. The molecule has 1 atom stereocenters. The average molecular weight is 298 g/mol. The molecule has 0 saturated carbocycles. The first kappa shape index (κ1) is 19.8. The summed E-state index contributed by atoms with van der Waals surface area (Å²) in [7, 11) is 1.25. The third-order valence-electron chi connectivity index (χ3n) is 3.52. The molecule has 4 heteroatoms. The van der Waals surface area contributed by atoms with Crippen LogP contribution in [0.1, 0.15) is 71.6 Å². The number of methoxy groups -OCH3 is 1. The first-order valence-electron chi connectivity index (χ1n) is 8.01. The largest absolute Gasteiger partial charge is 0.466 e. The molecular weight excluding hydrogens is 268 g/mol. The summed E-state index contributed by atoms with van der Waals surface area (Å²) < 4.78 is 4.60. The van der Waals surface area contributed by atoms with E-state index in [1.165, 1.54) is 52.6 Å². The quantitative estimate of drug-likeness (QED) is 0.340. The van der Waals surface area contributed by atoms with E-state index in [1.54, 1.807) is 6.08 Å². The van der Waals surface area contributed by atoms with Crippen LogP contribution in [0.5, 0.6) is 0 Å². The fraction of sp³-hybridized carbons (Fsp3) is 0.765. The fourth-order valence-corrected chi connectivity index (χ4v) is 2.18. The van der Waals surface area contributed by atoms with Crippen molar-refractivity contribution in [1.82, 2.24) is 0 Å². The highest BCUT2D eigenvalue weighted by Crippen LogP contribution is 2.13. The highest BCUT2D eigenvalue weighted by Gasteiger charge is 2.22. The van der Waals surface area contributed by atoms with Crippen molar-refractivity contribution < 1.29 is 19.4 Å². The number of carbonyl (C=O) groups is 2. The second-order valence-corrected chi connectivity index (χ2v) is 5.43. The van der Waals surface area contributed by atoms with Gasteiger partial charge in [0.1, 0.15) is 6.10 Å². The van der Waals surface area contributed by atoms with Crippen LogP contribution < -0.4 is 0 Å². The Hall–Kier alpha value is -1.16. The van der Waals surface area contributed by atoms with E-state index in [-0.39, 0.29) is 5.57 Å². The molecule has 0 aromatic heterocycles. The Balaban J connectivity index is 3.99. The fourth-order valence-electron chi connectivity index (χ4n) is 2.18. The maximum Gasteiger partial charge on any atom is 0.336 e. The number of carbonyl (C=O) groups excluding carboxylic acids is 2. The number of unbranched alkanes of at least 4 members (excludes halogenated alkanes) is 8. The number of ketones is 1. The molecule has 0 heterocycles. The standard InChI is InChI=1S/C17H30O4/c1-4-5-6-7-8-9-10-11-12-13-15(17(20)21-3)16(19)14(2)18/h13,16,19H,4-12H2,1-3H3/b15-13-/t16-/m0/s1. The monoisotopic (exact) mass is 298 g/mol. The molecule has 0 amide bonds. The lowest BCUT2D eigenvalue weighted by Crippen LogP contribution is -2.25. The first-order valence-corrected chi connectivity index (χ1v) is 8.01. The van der Waals surface area contributed by atoms with E-state index in [0.29, 0.717) is 6.42 Å². The minimum Gasteiger partial charge on any atom is -0.466 e. The summed E-state index contributed by atoms with van der Waals surface area (Å²) in [6.45, 7) is 3.47. The van der Waals surface area contributed by atoms with E-state index in [4.69, 9.17) is 0 Å². The lowest BCUT2D eigenvalue weighted by Gasteiger charge is -2.10. The zero-order valence-corrected chi connectivity index (χ0v) is 13.7. The Morgan fingerprint density at radius 2 is 1.57 bits per heavy atom. The maximum absolute atomic E-state index is 11.5. The summed E-state index contributed by atoms with van der Waals surface area (Å²) in [6.07, 6.45) is 10.6. The van der Waals surface area contributed by atoms with Crippen LogP contribution in [0.4, 0.5) is 0 Å². The molecule has 0 aliphatic carbocycles. The summed E-state index contributed by atoms with van der Waals surface area (Å²) in [5.74, 6) is -1.07. The summed E-state index contributed by atoms with van der Waals surface area (Å²) >= 11 is 0. The zero-order valence-electron chi connectivity index (χ0n) is 13.7. The topological polar surface area (TPSA) is 63.6 Å². The van der Waals surface area contributed by atoms with Crippen molar-refractivity contribution in [2.75, 3.05) is 7.11 Å². The number of hydrogen-bond acceptors (Lipinski definition) is 4. The van der Waals surface area contributed by atoms with Crippen LogP contribution in [0.2, 0.25) is 0 Å². The van der Waals surface area contributed by atoms with Crippen LogP contribution in [0.3, 0.4) is 0 Å². The summed E-state index contributed by atoms with van der Waals surface area (Å²) in [6, 6.07) is 0. The number of rotatable bonds is 12. The molecule has 0 unspecified atom stereocenters. The Bertz CT molecular complexity index is 334. The van der Waals surface area contributed by atoms with Crippen LogP contribution in [0.25, 0.3) is 0 Å². The van der Waals surface area contributed by atoms with Crippen molar-refractivity contribution in [3.8, 4) is 0 Å². The zero-order chi connectivity index (χ0) is 16.1. The van der Waals surface area contributed by atoms with Crippen molar-refractivity contribution >= 4 is 11.8 Å². The maximum atomic E-state index is 11.5. The highest BCUT2D eigenvalue weighted by molar-refractivity contribution is 5.98. The molecule has 0 aliphatic heterocycles. The molecule has 4 nitrogen and oxygen atoms in total. The van der Waals surface area contributed by atoms with Crippen LogP contribution in [0.15, 0.2) is 11.6 Å². The normalized spacial score (nSPS) is 13.0. The Kier molecular flexibility index (Phi) is 11.9. The molecule has 0 bridgehead atoms. The minimum absolute atomic E-state index is 0.0629. The lowest BCUT2D eigenvalue weighted by molar-refractivity contribution is -0.139. The lowest BCUT2D eigenvalue weighted by atomic mass is 10.0. The Labute approximate surface area is 128 Å². The van der Waals surface area contributed by atoms with Crippen molar-refractivity contribution in [3.05, 3.63) is 11.6 Å². The second-order valence-electron chi connectivity index (χ2n) is 5.43. The van der Waals surface area contributed by atoms with Crippen molar-refractivity contribution in [1.29, 1.82) is 0 Å². The molecule has 0 aromatic carbocycles. The van der Waals surface area contributed by atoms with Gasteiger partial charge in [-0.05, 0) is 19.8 Å². The minimum atomic E-state index is -1.37. The number of ether oxygens (including phenoxy) is 1. The Morgan fingerprint density at radius 1 is 1.05 bits per heavy atom. The van der Waals surface area contributed by atoms with Crippen molar-refractivity contribution in [2.45, 2.75) is 77.7 Å². The average Bonchev–Trinajstić information content (AvgIpc) is 2.48. The van der Waals surface area contributed by atoms with Gasteiger partial charge in [0.05, 0.1) is 12.7 Å². The summed E-state index contributed by atoms with van der Waals surface area (Å²) in [5, 5.41) is 9.69. The molecule has 1 N–H and O–H groups in total. The third kappa shape index (κ3) is 9.40. The van der Waals surface area contributed by atoms with Gasteiger partial charge in [0.15, 0.2) is 5.78 Å². The molecule has 21 heavy (non-hydrogen) atoms. The molecule has 0 aromatic rings. The highest BCUT2D eigenvalue weighted by atomic mass is 16.5. The molecule has 0 rings (SSSR count). The molecular formula is C17H30O4. The Morgan fingerprint density at radius 3 is 2.05 bits per heavy atom. The van der Waals surface area contributed by atoms with Crippen LogP contribution in [-0.2, 0) is 14.3 Å². The van der Waals surface area contributed by atoms with Crippen molar-refractivity contribution in [2.24, 2.45) is 0 Å². The molecule has 0 saturated heterocycles. The molecule has 0 spiro atoms. The second kappa shape index (κ2) is 12.6. The number of Topliss-reactive ketones (excluding diaryl/α,β-unsaturated/α-hetero) is 1. The van der Waals surface area contributed by atoms with Gasteiger partial charge < -0.3 is 9.84 Å². The van der Waals surface area contributed by atoms with Crippen molar-refractivity contribution in [3.63, 3.8) is 0 Å². The van der Waals surface area contributed by atoms with Crippen LogP contribution in [0, 0.1) is 0 Å². The molecule has 0 fully saturated rings. The van der Waals surface area contributed by atoms with Gasteiger partial charge in [-0.15, -0.1) is 0 Å². The number of allylic oxidation sites excluding steroid dienone is 1. The van der Waals surface area contributed by atoms with E-state index in [9.17, 15) is 14.7 Å². The van der Waals surface area contributed by atoms with Gasteiger partial charge in [-0.2, -0.15) is 0 Å². The predicted molar refractivity (Wildman–Crippen MR) is 84.0 cm³/mol. The van der Waals surface area contributed by atoms with Gasteiger partial charge in [-0.3, -0.25) is 4.79 Å². The van der Waals surface area contributed by atoms with Gasteiger partial charge in [-0.1, -0.05) is 57.9 Å². The first-order chi connectivity index (χ1) is 10.0. The van der Waals surface area contributed by atoms with Crippen LogP contribution >= 0.6 is 0 Å². The van der Waals surface area contributed by atoms with E-state index in [0.717, 1.165) is 12.8 Å². The summed E-state index contributed by atoms with van der Waals surface area (Å²) in [4.78, 5) is 22.7. The van der Waals surface area contributed by atoms with Gasteiger partial charge in [0, 0.05) is 0 Å². The van der Waals surface area contributed by atoms with E-state index >= 15 is 0 Å². The van der Waals surface area contributed by atoms with Gasteiger partial charge in [-0.25, -0.2) is 4.79 Å². The van der Waals surface area contributed by atoms with E-state index < -0.39 is 17.9 Å². The molecule has 0 radical (unpaired) electrons. The van der Waals surface area contributed by atoms with Gasteiger partial charge in [0.2, 0.25) is 0 Å². The van der Waals surface area contributed by atoms with Gasteiger partial charge in [0.25, 0.3) is 0 Å². The predicted octanol–water partition coefficient (Wildman–Crippen LogP) is 3.57. The SMILES string of the molecule is CCCCCCCCCC/C=C(\C(=O)OC)[C@@H](O)C(C)=O. The van der Waals surface area contributed by atoms with Crippen LogP contribution in [-0.4, -0.2) is 30.1 Å². The number of aliphatic hydroxyl groups excluding tert-OH is 1. The smallest absolute Gasteiger partial charge is 0.336 e. The van der Waals surface area contributed by atoms with E-state index in [1.807, 2.05) is 0 Å². The van der Waals surface area contributed by atoms with Gasteiger partial charge >= 0.3 is 5.97 Å². The number of esters is 1. The number of aliphatic hydroxyl groups is 1. The summed E-state index contributed by atoms with van der Waals surface area (Å²) in [5.41, 5.74) is 0.0629. The van der Waals surface area contributed by atoms with E-state index in [2.05, 4.69) is 11.7 Å². The number of hydrogen-bond donors (Lipinski definition) is 1.